The Labute approximate surface area is 236 Å². The molecule has 11 heteroatoms. The molecule has 41 heavy (non-hydrogen) atoms. The fourth-order valence-corrected chi connectivity index (χ4v) is 5.96. The van der Waals surface area contributed by atoms with Gasteiger partial charge in [-0.3, -0.25) is 14.9 Å². The molecule has 0 unspecified atom stereocenters. The number of carbonyl (C=O) groups excluding carboxylic acids is 2. The van der Waals surface area contributed by atoms with Crippen molar-refractivity contribution in [2.24, 2.45) is 0 Å². The molecule has 0 amide bonds. The number of carbonyl (C=O) groups is 2. The van der Waals surface area contributed by atoms with Crippen LogP contribution < -0.4 is 14.8 Å². The molecule has 1 saturated heterocycles. The third kappa shape index (κ3) is 5.37. The number of nitro benzene ring substituents is 1. The van der Waals surface area contributed by atoms with Crippen molar-refractivity contribution >= 4 is 17.4 Å². The van der Waals surface area contributed by atoms with Crippen molar-refractivity contribution in [3.05, 3.63) is 80.2 Å². The number of hydrogen-bond donors (Lipinski definition) is 2. The van der Waals surface area contributed by atoms with Gasteiger partial charge in [0.2, 0.25) is 5.75 Å². The zero-order valence-electron chi connectivity index (χ0n) is 23.1. The summed E-state index contributed by atoms with van der Waals surface area (Å²) in [5, 5.41) is 25.5. The zero-order chi connectivity index (χ0) is 29.3. The van der Waals surface area contributed by atoms with E-state index in [1.165, 1.54) is 19.2 Å². The molecule has 216 valence electrons. The quantitative estimate of drug-likeness (QED) is 0.269. The van der Waals surface area contributed by atoms with E-state index in [9.17, 15) is 24.8 Å². The van der Waals surface area contributed by atoms with Gasteiger partial charge in [-0.25, -0.2) is 4.79 Å². The minimum atomic E-state index is -0.984. The Hall–Kier alpha value is -4.38. The second-order valence-corrected chi connectivity index (χ2v) is 10.3. The number of Topliss-reactive ketones (excluding diaryl/α,β-unsaturated/α-hetero) is 1. The molecule has 0 aromatic heterocycles. The Morgan fingerprint density at radius 2 is 1.93 bits per heavy atom. The van der Waals surface area contributed by atoms with Crippen molar-refractivity contribution in [3.8, 4) is 17.2 Å². The number of hydrogen-bond acceptors (Lipinski definition) is 10. The fraction of sp³-hybridized carbons (Fsp3) is 0.400. The van der Waals surface area contributed by atoms with Crippen LogP contribution in [0.3, 0.4) is 0 Å². The fourth-order valence-electron chi connectivity index (χ4n) is 5.96. The van der Waals surface area contributed by atoms with Crippen molar-refractivity contribution in [2.75, 3.05) is 27.4 Å². The number of phenolic OH excluding ortho intramolecular Hbond substituents is 1. The summed E-state index contributed by atoms with van der Waals surface area (Å²) in [5.41, 5.74) is 2.12. The molecule has 2 N–H and O–H groups in total. The van der Waals surface area contributed by atoms with Crippen molar-refractivity contribution < 1.29 is 38.6 Å². The maximum absolute atomic E-state index is 13.9. The molecular formula is C30H32N2O9. The summed E-state index contributed by atoms with van der Waals surface area (Å²) >= 11 is 0. The number of ether oxygens (including phenoxy) is 4. The molecule has 0 saturated carbocycles. The summed E-state index contributed by atoms with van der Waals surface area (Å²) in [6, 6.07) is 10.1. The van der Waals surface area contributed by atoms with Crippen LogP contribution in [0.1, 0.15) is 55.6 Å². The van der Waals surface area contributed by atoms with Gasteiger partial charge >= 0.3 is 11.7 Å². The number of phenols is 1. The monoisotopic (exact) mass is 564 g/mol. The number of allylic oxidation sites excluding steroid dienone is 3. The lowest BCUT2D eigenvalue weighted by Crippen LogP contribution is -2.36. The number of esters is 1. The summed E-state index contributed by atoms with van der Waals surface area (Å²) in [6.45, 7) is 2.36. The van der Waals surface area contributed by atoms with Crippen LogP contribution >= 0.6 is 0 Å². The van der Waals surface area contributed by atoms with Crippen LogP contribution in [0.4, 0.5) is 5.69 Å². The highest BCUT2D eigenvalue weighted by Gasteiger charge is 2.43. The van der Waals surface area contributed by atoms with Crippen molar-refractivity contribution in [1.82, 2.24) is 5.32 Å². The number of nitrogens with one attached hydrogen (secondary N) is 1. The first-order valence-corrected chi connectivity index (χ1v) is 13.4. The minimum absolute atomic E-state index is 0.0527. The van der Waals surface area contributed by atoms with Gasteiger partial charge in [0, 0.05) is 47.9 Å². The average Bonchev–Trinajstić information content (AvgIpc) is 3.49. The topological polar surface area (TPSA) is 146 Å². The molecule has 0 radical (unpaired) electrons. The number of dihydropyridines is 1. The second kappa shape index (κ2) is 11.6. The van der Waals surface area contributed by atoms with E-state index in [1.54, 1.807) is 14.0 Å². The van der Waals surface area contributed by atoms with Crippen LogP contribution in [-0.2, 0) is 19.1 Å². The lowest BCUT2D eigenvalue weighted by atomic mass is 9.71. The van der Waals surface area contributed by atoms with Crippen molar-refractivity contribution in [2.45, 2.75) is 50.5 Å². The predicted octanol–water partition coefficient (Wildman–Crippen LogP) is 4.40. The molecule has 2 aromatic rings. The van der Waals surface area contributed by atoms with Gasteiger partial charge in [0.25, 0.3) is 0 Å². The Bertz CT molecular complexity index is 1460. The predicted molar refractivity (Wildman–Crippen MR) is 147 cm³/mol. The van der Waals surface area contributed by atoms with Gasteiger partial charge in [-0.05, 0) is 49.4 Å². The van der Waals surface area contributed by atoms with Gasteiger partial charge in [-0.15, -0.1) is 0 Å². The average molecular weight is 565 g/mol. The van der Waals surface area contributed by atoms with E-state index in [0.29, 0.717) is 35.7 Å². The zero-order valence-corrected chi connectivity index (χ0v) is 23.1. The van der Waals surface area contributed by atoms with Gasteiger partial charge in [0.15, 0.2) is 11.5 Å². The molecule has 1 aliphatic carbocycles. The minimum Gasteiger partial charge on any atom is -0.500 e. The van der Waals surface area contributed by atoms with Gasteiger partial charge in [0.05, 0.1) is 30.8 Å². The number of benzene rings is 2. The van der Waals surface area contributed by atoms with E-state index < -0.39 is 28.2 Å². The Morgan fingerprint density at radius 1 is 1.17 bits per heavy atom. The van der Waals surface area contributed by atoms with Crippen LogP contribution in [-0.4, -0.2) is 55.3 Å². The number of ketones is 1. The van der Waals surface area contributed by atoms with E-state index in [1.807, 2.05) is 24.3 Å². The molecule has 0 spiro atoms. The molecule has 3 atom stereocenters. The molecule has 2 heterocycles. The highest BCUT2D eigenvalue weighted by molar-refractivity contribution is 6.04. The summed E-state index contributed by atoms with van der Waals surface area (Å²) in [5.74, 6) is -2.15. The summed E-state index contributed by atoms with van der Waals surface area (Å²) in [6.07, 6.45) is 2.03. The van der Waals surface area contributed by atoms with Crippen LogP contribution in [0, 0.1) is 10.1 Å². The highest BCUT2D eigenvalue weighted by atomic mass is 16.6. The number of methoxy groups -OCH3 is 2. The highest BCUT2D eigenvalue weighted by Crippen LogP contribution is 2.49. The lowest BCUT2D eigenvalue weighted by Gasteiger charge is -2.37. The second-order valence-electron chi connectivity index (χ2n) is 10.3. The molecule has 11 nitrogen and oxygen atoms in total. The van der Waals surface area contributed by atoms with E-state index in [-0.39, 0.29) is 47.7 Å². The number of aromatic hydroxyl groups is 1. The Kier molecular flexibility index (Phi) is 7.98. The molecule has 2 aliphatic heterocycles. The first kappa shape index (κ1) is 28.2. The smallest absolute Gasteiger partial charge is 0.336 e. The van der Waals surface area contributed by atoms with E-state index in [4.69, 9.17) is 18.9 Å². The Balaban J connectivity index is 1.60. The standard InChI is InChI=1S/C30H32N2O9/c1-16-26(30(35)41-15-19-7-6-10-40-19)27(18-12-22(32(36)37)29(34)25(14-18)39-3)28-21(31-16)11-17(13-23(28)33)20-8-4-5-9-24(20)38-2/h4-5,8-9,12,14,17,19,27,31,34H,6-7,10-11,13,15H2,1-3H3/t17-,19-,27-/m0/s1. The summed E-state index contributed by atoms with van der Waals surface area (Å²) in [7, 11) is 2.85. The molecule has 5 rings (SSSR count). The van der Waals surface area contributed by atoms with Gasteiger partial charge in [-0.1, -0.05) is 18.2 Å². The number of nitro groups is 1. The molecular weight excluding hydrogens is 532 g/mol. The van der Waals surface area contributed by atoms with Crippen molar-refractivity contribution in [3.63, 3.8) is 0 Å². The van der Waals surface area contributed by atoms with Gasteiger partial charge in [-0.2, -0.15) is 0 Å². The maximum Gasteiger partial charge on any atom is 0.336 e. The van der Waals surface area contributed by atoms with Crippen molar-refractivity contribution in [1.29, 1.82) is 0 Å². The van der Waals surface area contributed by atoms with E-state index >= 15 is 0 Å². The SMILES string of the molecule is COc1ccccc1[C@@H]1CC(=O)C2=C(C1)NC(C)=C(C(=O)OC[C@@H]1CCCO1)[C@@H]2c1cc(OC)c(O)c([N+](=O)[O-])c1. The largest absolute Gasteiger partial charge is 0.500 e. The summed E-state index contributed by atoms with van der Waals surface area (Å²) in [4.78, 5) is 38.6. The Morgan fingerprint density at radius 3 is 2.61 bits per heavy atom. The molecule has 1 fully saturated rings. The first-order valence-electron chi connectivity index (χ1n) is 13.4. The molecule has 0 bridgehead atoms. The van der Waals surface area contributed by atoms with Crippen LogP contribution in [0.15, 0.2) is 58.9 Å². The van der Waals surface area contributed by atoms with Crippen LogP contribution in [0.2, 0.25) is 0 Å². The molecule has 3 aliphatic rings. The van der Waals surface area contributed by atoms with Gasteiger partial charge < -0.3 is 29.4 Å². The lowest BCUT2D eigenvalue weighted by molar-refractivity contribution is -0.386. The summed E-state index contributed by atoms with van der Waals surface area (Å²) < 4.78 is 22.0. The maximum atomic E-state index is 13.9. The normalized spacial score (nSPS) is 22.2. The van der Waals surface area contributed by atoms with E-state index in [0.717, 1.165) is 18.4 Å². The number of nitrogens with zero attached hydrogens (tertiary/aromatic N) is 1. The van der Waals surface area contributed by atoms with Gasteiger partial charge in [0.1, 0.15) is 12.4 Å². The van der Waals surface area contributed by atoms with Crippen LogP contribution in [0.5, 0.6) is 17.2 Å². The van der Waals surface area contributed by atoms with E-state index in [2.05, 4.69) is 5.32 Å². The molecule has 2 aromatic carbocycles. The number of para-hydroxylation sites is 1. The number of rotatable bonds is 8. The first-order chi connectivity index (χ1) is 19.7. The third-order valence-electron chi connectivity index (χ3n) is 7.88. The third-order valence-corrected chi connectivity index (χ3v) is 7.88. The van der Waals surface area contributed by atoms with Crippen LogP contribution in [0.25, 0.3) is 0 Å².